The molecular weight excluding hydrogens is 287 g/mol. The van der Waals surface area contributed by atoms with E-state index in [4.69, 9.17) is 11.0 Å². The summed E-state index contributed by atoms with van der Waals surface area (Å²) in [4.78, 5) is 19.6. The third-order valence-corrected chi connectivity index (χ3v) is 2.90. The van der Waals surface area contributed by atoms with Gasteiger partial charge in [-0.3, -0.25) is 0 Å². The van der Waals surface area contributed by atoms with Gasteiger partial charge in [-0.05, 0) is 24.3 Å². The Hall–Kier alpha value is -2.99. The number of halogens is 1. The first-order valence-electron chi connectivity index (χ1n) is 6.26. The largest absolute Gasteiger partial charge is 0.478 e. The molecule has 2 rings (SSSR count). The van der Waals surface area contributed by atoms with E-state index in [0.29, 0.717) is 5.56 Å². The zero-order chi connectivity index (χ0) is 16.1. The number of rotatable bonds is 4. The van der Waals surface area contributed by atoms with Gasteiger partial charge in [-0.1, -0.05) is 30.8 Å². The molecule has 0 heterocycles. The highest BCUT2D eigenvalue weighted by atomic mass is 19.1. The normalized spacial score (nSPS) is 11.1. The van der Waals surface area contributed by atoms with Gasteiger partial charge in [0.25, 0.3) is 0 Å². The molecule has 2 aromatic rings. The molecule has 22 heavy (non-hydrogen) atoms. The molecule has 0 aliphatic carbocycles. The summed E-state index contributed by atoms with van der Waals surface area (Å²) in [6.07, 6.45) is 0. The second-order valence-corrected chi connectivity index (χ2v) is 4.35. The zero-order valence-electron chi connectivity index (χ0n) is 11.5. The Bertz CT molecular complexity index is 757. The van der Waals surface area contributed by atoms with Crippen molar-refractivity contribution in [3.05, 3.63) is 77.6 Å². The van der Waals surface area contributed by atoms with Crippen LogP contribution in [-0.2, 0) is 4.84 Å². The first-order valence-corrected chi connectivity index (χ1v) is 6.26. The Morgan fingerprint density at radius 2 is 1.86 bits per heavy atom. The van der Waals surface area contributed by atoms with E-state index < -0.39 is 11.8 Å². The molecule has 6 heteroatoms. The molecule has 5 nitrogen and oxygen atoms in total. The van der Waals surface area contributed by atoms with Crippen LogP contribution in [0.3, 0.4) is 0 Å². The number of aliphatic imine (C=N–C) groups is 1. The maximum atomic E-state index is 13.7. The summed E-state index contributed by atoms with van der Waals surface area (Å²) in [5.74, 6) is 3.39. The topological polar surface area (TPSA) is 84.9 Å². The molecule has 3 N–H and O–H groups in total. The van der Waals surface area contributed by atoms with Gasteiger partial charge >= 0.3 is 5.97 Å². The minimum absolute atomic E-state index is 0.0838. The van der Waals surface area contributed by atoms with Crippen molar-refractivity contribution in [3.63, 3.8) is 0 Å². The third kappa shape index (κ3) is 3.36. The molecule has 0 aliphatic heterocycles. The van der Waals surface area contributed by atoms with E-state index in [0.717, 1.165) is 0 Å². The van der Waals surface area contributed by atoms with Crippen molar-refractivity contribution >= 4 is 17.6 Å². The van der Waals surface area contributed by atoms with E-state index >= 15 is 0 Å². The fraction of sp³-hybridized carbons (Fsp3) is 0. The molecule has 0 spiro atoms. The highest BCUT2D eigenvalue weighted by Gasteiger charge is 2.12. The van der Waals surface area contributed by atoms with Crippen molar-refractivity contribution in [1.29, 1.82) is 0 Å². The Morgan fingerprint density at radius 1 is 1.18 bits per heavy atom. The summed E-state index contributed by atoms with van der Waals surface area (Å²) in [7, 11) is 0. The van der Waals surface area contributed by atoms with Crippen LogP contribution in [0.25, 0.3) is 5.70 Å². The van der Waals surface area contributed by atoms with Gasteiger partial charge in [0.05, 0.1) is 16.8 Å². The smallest absolute Gasteiger partial charge is 0.335 e. The lowest BCUT2D eigenvalue weighted by Gasteiger charge is -2.07. The molecule has 112 valence electrons. The second kappa shape index (κ2) is 6.64. The van der Waals surface area contributed by atoms with Crippen LogP contribution in [0.15, 0.2) is 60.1 Å². The van der Waals surface area contributed by atoms with Crippen LogP contribution >= 0.6 is 0 Å². The predicted octanol–water partition coefficient (Wildman–Crippen LogP) is 2.83. The fourth-order valence-corrected chi connectivity index (χ4v) is 1.80. The maximum Gasteiger partial charge on any atom is 0.335 e. The van der Waals surface area contributed by atoms with Crippen LogP contribution < -0.4 is 5.90 Å². The van der Waals surface area contributed by atoms with E-state index in [1.807, 2.05) is 0 Å². The van der Waals surface area contributed by atoms with Crippen LogP contribution in [-0.4, -0.2) is 17.0 Å². The van der Waals surface area contributed by atoms with Crippen molar-refractivity contribution in [2.45, 2.75) is 0 Å². The molecule has 0 atom stereocenters. The number of nitrogens with two attached hydrogens (primary N) is 1. The second-order valence-electron chi connectivity index (χ2n) is 4.35. The van der Waals surface area contributed by atoms with Crippen molar-refractivity contribution in [2.75, 3.05) is 0 Å². The minimum Gasteiger partial charge on any atom is -0.478 e. The number of carbonyl (C=O) groups is 1. The van der Waals surface area contributed by atoms with E-state index in [2.05, 4.69) is 16.4 Å². The predicted molar refractivity (Wildman–Crippen MR) is 80.6 cm³/mol. The molecule has 0 radical (unpaired) electrons. The lowest BCUT2D eigenvalue weighted by atomic mass is 10.1. The van der Waals surface area contributed by atoms with Crippen molar-refractivity contribution in [1.82, 2.24) is 0 Å². The highest BCUT2D eigenvalue weighted by molar-refractivity contribution is 5.97. The van der Waals surface area contributed by atoms with Gasteiger partial charge in [-0.2, -0.15) is 5.90 Å². The van der Waals surface area contributed by atoms with Gasteiger partial charge in [0.2, 0.25) is 5.90 Å². The summed E-state index contributed by atoms with van der Waals surface area (Å²) in [5.41, 5.74) is 0.841. The van der Waals surface area contributed by atoms with Gasteiger partial charge < -0.3 is 9.94 Å². The number of carboxylic acid groups (broad SMARTS) is 1. The van der Waals surface area contributed by atoms with Crippen LogP contribution in [0.2, 0.25) is 0 Å². The first-order chi connectivity index (χ1) is 10.5. The number of nitrogens with zero attached hydrogens (tertiary/aromatic N) is 1. The summed E-state index contributed by atoms with van der Waals surface area (Å²) < 4.78 is 13.7. The molecule has 0 unspecified atom stereocenters. The molecule has 2 aromatic carbocycles. The van der Waals surface area contributed by atoms with Crippen molar-refractivity contribution < 1.29 is 19.1 Å². The van der Waals surface area contributed by atoms with Crippen LogP contribution in [0.1, 0.15) is 21.5 Å². The molecule has 0 aliphatic rings. The Balaban J connectivity index is 2.38. The summed E-state index contributed by atoms with van der Waals surface area (Å²) >= 11 is 0. The van der Waals surface area contributed by atoms with Crippen molar-refractivity contribution in [3.8, 4) is 0 Å². The van der Waals surface area contributed by atoms with E-state index in [-0.39, 0.29) is 22.7 Å². The van der Waals surface area contributed by atoms with Crippen LogP contribution in [0, 0.1) is 5.82 Å². The molecular formula is C16H13FN2O3. The average molecular weight is 300 g/mol. The van der Waals surface area contributed by atoms with Gasteiger partial charge in [0.15, 0.2) is 0 Å². The van der Waals surface area contributed by atoms with Crippen LogP contribution in [0.4, 0.5) is 4.39 Å². The molecule has 0 fully saturated rings. The summed E-state index contributed by atoms with van der Waals surface area (Å²) in [5, 5.41) is 8.97. The van der Waals surface area contributed by atoms with Gasteiger partial charge in [-0.15, -0.1) is 0 Å². The minimum atomic E-state index is -1.07. The summed E-state index contributed by atoms with van der Waals surface area (Å²) in [6, 6.07) is 11.9. The molecule has 0 aromatic heterocycles. The van der Waals surface area contributed by atoms with Crippen LogP contribution in [0.5, 0.6) is 0 Å². The Kier molecular flexibility index (Phi) is 4.65. The van der Waals surface area contributed by atoms with Gasteiger partial charge in [0, 0.05) is 5.56 Å². The lowest BCUT2D eigenvalue weighted by molar-refractivity contribution is 0.0697. The fourth-order valence-electron chi connectivity index (χ4n) is 1.80. The zero-order valence-corrected chi connectivity index (χ0v) is 11.5. The Morgan fingerprint density at radius 3 is 2.50 bits per heavy atom. The molecule has 0 bridgehead atoms. The molecule has 0 amide bonds. The molecule has 0 saturated carbocycles. The molecule has 0 saturated heterocycles. The number of hydrogen-bond donors (Lipinski definition) is 2. The number of aromatic carboxylic acids is 1. The number of carboxylic acids is 1. The lowest BCUT2D eigenvalue weighted by Crippen LogP contribution is -2.13. The monoisotopic (exact) mass is 300 g/mol. The standard InChI is InChI=1S/C16H13FN2O3/c1-10(11-5-4-6-12(9-11)16(20)21)19-15(22-18)13-7-2-3-8-14(13)17/h2-9H,1,18H2,(H,20,21). The van der Waals surface area contributed by atoms with E-state index in [1.165, 1.54) is 30.3 Å². The first kappa shape index (κ1) is 15.4. The highest BCUT2D eigenvalue weighted by Crippen LogP contribution is 2.18. The van der Waals surface area contributed by atoms with Gasteiger partial charge in [0.1, 0.15) is 5.82 Å². The SMILES string of the molecule is C=C(N=C(ON)c1ccccc1F)c1cccc(C(=O)O)c1. The van der Waals surface area contributed by atoms with Crippen molar-refractivity contribution in [2.24, 2.45) is 10.9 Å². The average Bonchev–Trinajstić information content (AvgIpc) is 2.53. The third-order valence-electron chi connectivity index (χ3n) is 2.90. The maximum absolute atomic E-state index is 13.7. The van der Waals surface area contributed by atoms with Gasteiger partial charge in [-0.25, -0.2) is 14.2 Å². The number of benzene rings is 2. The Labute approximate surface area is 126 Å². The summed E-state index contributed by atoms with van der Waals surface area (Å²) in [6.45, 7) is 3.73. The van der Waals surface area contributed by atoms with E-state index in [9.17, 15) is 9.18 Å². The van der Waals surface area contributed by atoms with E-state index in [1.54, 1.807) is 18.2 Å². The quantitative estimate of drug-likeness (QED) is 0.516. The number of hydrogen-bond acceptors (Lipinski definition) is 4.